The van der Waals surface area contributed by atoms with E-state index < -0.39 is 11.9 Å². The first kappa shape index (κ1) is 9.93. The molecule has 1 aliphatic rings. The van der Waals surface area contributed by atoms with Crippen LogP contribution in [-0.4, -0.2) is 11.9 Å². The molecule has 3 nitrogen and oxygen atoms in total. The van der Waals surface area contributed by atoms with E-state index in [2.05, 4.69) is 4.74 Å². The van der Waals surface area contributed by atoms with Crippen LogP contribution in [0.1, 0.15) is 12.0 Å². The summed E-state index contributed by atoms with van der Waals surface area (Å²) in [6.45, 7) is 0. The standard InChI is InChI=1S/C11H7ClO3/c12-9-4-2-1-3-7(9)5-8-6-10(13)15-11(8)14/h1-5H,6H2. The van der Waals surface area contributed by atoms with Gasteiger partial charge in [-0.2, -0.15) is 0 Å². The van der Waals surface area contributed by atoms with Crippen molar-refractivity contribution < 1.29 is 14.3 Å². The molecule has 1 aromatic carbocycles. The van der Waals surface area contributed by atoms with E-state index in [1.54, 1.807) is 30.3 Å². The molecule has 2 rings (SSSR count). The van der Waals surface area contributed by atoms with Crippen molar-refractivity contribution in [2.24, 2.45) is 0 Å². The second-order valence-electron chi connectivity index (χ2n) is 3.13. The van der Waals surface area contributed by atoms with Crippen LogP contribution in [0.25, 0.3) is 6.08 Å². The van der Waals surface area contributed by atoms with Crippen molar-refractivity contribution in [3.63, 3.8) is 0 Å². The Hall–Kier alpha value is -1.61. The number of esters is 2. The molecule has 0 amide bonds. The lowest BCUT2D eigenvalue weighted by atomic mass is 10.1. The van der Waals surface area contributed by atoms with Crippen molar-refractivity contribution >= 4 is 29.6 Å². The maximum absolute atomic E-state index is 11.1. The van der Waals surface area contributed by atoms with Crippen LogP contribution >= 0.6 is 11.6 Å². The molecule has 0 atom stereocenters. The molecule has 1 aromatic rings. The summed E-state index contributed by atoms with van der Waals surface area (Å²) in [5.74, 6) is -1.10. The maximum Gasteiger partial charge on any atom is 0.342 e. The van der Waals surface area contributed by atoms with Gasteiger partial charge in [0.25, 0.3) is 0 Å². The molecule has 0 aliphatic carbocycles. The number of hydrogen-bond acceptors (Lipinski definition) is 3. The molecule has 15 heavy (non-hydrogen) atoms. The highest BCUT2D eigenvalue weighted by atomic mass is 35.5. The van der Waals surface area contributed by atoms with E-state index in [1.165, 1.54) is 0 Å². The normalized spacial score (nSPS) is 18.3. The van der Waals surface area contributed by atoms with Crippen LogP contribution in [0.4, 0.5) is 0 Å². The maximum atomic E-state index is 11.1. The van der Waals surface area contributed by atoms with Gasteiger partial charge in [0.15, 0.2) is 0 Å². The molecule has 1 fully saturated rings. The van der Waals surface area contributed by atoms with Crippen LogP contribution in [0, 0.1) is 0 Å². The van der Waals surface area contributed by atoms with Gasteiger partial charge in [0.1, 0.15) is 0 Å². The molecule has 0 unspecified atom stereocenters. The molecule has 76 valence electrons. The fourth-order valence-corrected chi connectivity index (χ4v) is 1.51. The van der Waals surface area contributed by atoms with Gasteiger partial charge in [-0.25, -0.2) is 4.79 Å². The summed E-state index contributed by atoms with van der Waals surface area (Å²) in [6, 6.07) is 7.09. The number of benzene rings is 1. The summed E-state index contributed by atoms with van der Waals surface area (Å²) in [5.41, 5.74) is 1.05. The highest BCUT2D eigenvalue weighted by Gasteiger charge is 2.26. The number of cyclic esters (lactones) is 2. The highest BCUT2D eigenvalue weighted by molar-refractivity contribution is 6.32. The van der Waals surface area contributed by atoms with Gasteiger partial charge in [-0.05, 0) is 17.7 Å². The highest BCUT2D eigenvalue weighted by Crippen LogP contribution is 2.22. The molecule has 0 radical (unpaired) electrons. The van der Waals surface area contributed by atoms with Gasteiger partial charge in [-0.1, -0.05) is 29.8 Å². The lowest BCUT2D eigenvalue weighted by Crippen LogP contribution is -1.96. The molecule has 4 heteroatoms. The van der Waals surface area contributed by atoms with Crippen LogP contribution in [0.3, 0.4) is 0 Å². The molecule has 0 spiro atoms. The van der Waals surface area contributed by atoms with Crippen LogP contribution < -0.4 is 0 Å². The van der Waals surface area contributed by atoms with Crippen molar-refractivity contribution in [1.82, 2.24) is 0 Å². The summed E-state index contributed by atoms with van der Waals surface area (Å²) in [4.78, 5) is 22.0. The average molecular weight is 223 g/mol. The Morgan fingerprint density at radius 1 is 1.27 bits per heavy atom. The molecule has 0 saturated carbocycles. The Morgan fingerprint density at radius 2 is 2.00 bits per heavy atom. The fourth-order valence-electron chi connectivity index (χ4n) is 1.32. The topological polar surface area (TPSA) is 43.4 Å². The van der Waals surface area contributed by atoms with Crippen LogP contribution in [0.5, 0.6) is 0 Å². The molecule has 1 aliphatic heterocycles. The number of rotatable bonds is 1. The van der Waals surface area contributed by atoms with Crippen molar-refractivity contribution in [2.75, 3.05) is 0 Å². The van der Waals surface area contributed by atoms with Gasteiger partial charge < -0.3 is 4.74 Å². The summed E-state index contributed by atoms with van der Waals surface area (Å²) in [5, 5.41) is 0.539. The summed E-state index contributed by atoms with van der Waals surface area (Å²) >= 11 is 5.91. The van der Waals surface area contributed by atoms with Crippen LogP contribution in [-0.2, 0) is 14.3 Å². The van der Waals surface area contributed by atoms with Gasteiger partial charge in [-0.3, -0.25) is 4.79 Å². The molecule has 0 N–H and O–H groups in total. The van der Waals surface area contributed by atoms with Crippen molar-refractivity contribution in [2.45, 2.75) is 6.42 Å². The van der Waals surface area contributed by atoms with Crippen LogP contribution in [0.2, 0.25) is 5.02 Å². The monoisotopic (exact) mass is 222 g/mol. The number of carbonyl (C=O) groups excluding carboxylic acids is 2. The number of hydrogen-bond donors (Lipinski definition) is 0. The van der Waals surface area contributed by atoms with Gasteiger partial charge in [-0.15, -0.1) is 0 Å². The van der Waals surface area contributed by atoms with E-state index in [4.69, 9.17) is 11.6 Å². The van der Waals surface area contributed by atoms with Gasteiger partial charge >= 0.3 is 11.9 Å². The van der Waals surface area contributed by atoms with Crippen molar-refractivity contribution in [1.29, 1.82) is 0 Å². The zero-order valence-electron chi connectivity index (χ0n) is 7.70. The van der Waals surface area contributed by atoms with Gasteiger partial charge in [0, 0.05) is 10.6 Å². The Morgan fingerprint density at radius 3 is 2.60 bits per heavy atom. The lowest BCUT2D eigenvalue weighted by Gasteiger charge is -1.97. The Kier molecular flexibility index (Phi) is 2.56. The quantitative estimate of drug-likeness (QED) is 0.416. The smallest absolute Gasteiger partial charge is 0.342 e. The van der Waals surface area contributed by atoms with E-state index in [-0.39, 0.29) is 6.42 Å². The first-order valence-corrected chi connectivity index (χ1v) is 4.75. The second-order valence-corrected chi connectivity index (χ2v) is 3.54. The number of ether oxygens (including phenoxy) is 1. The molecule has 1 heterocycles. The van der Waals surface area contributed by atoms with E-state index in [0.29, 0.717) is 16.2 Å². The minimum absolute atomic E-state index is 0.0179. The molecule has 0 bridgehead atoms. The Labute approximate surface area is 91.3 Å². The number of carbonyl (C=O) groups is 2. The van der Waals surface area contributed by atoms with E-state index in [0.717, 1.165) is 0 Å². The summed E-state index contributed by atoms with van der Waals surface area (Å²) in [7, 11) is 0. The SMILES string of the molecule is O=C1CC(=Cc2ccccc2Cl)C(=O)O1. The zero-order valence-corrected chi connectivity index (χ0v) is 8.45. The summed E-state index contributed by atoms with van der Waals surface area (Å²) < 4.78 is 4.40. The minimum atomic E-state index is -0.583. The van der Waals surface area contributed by atoms with Gasteiger partial charge in [0.05, 0.1) is 6.42 Å². The van der Waals surface area contributed by atoms with Crippen LogP contribution in [0.15, 0.2) is 29.8 Å². The third-order valence-electron chi connectivity index (χ3n) is 2.04. The first-order valence-electron chi connectivity index (χ1n) is 4.37. The van der Waals surface area contributed by atoms with E-state index >= 15 is 0 Å². The molecular weight excluding hydrogens is 216 g/mol. The Bertz CT molecular complexity index is 463. The largest absolute Gasteiger partial charge is 0.389 e. The predicted molar refractivity (Wildman–Crippen MR) is 55.1 cm³/mol. The first-order chi connectivity index (χ1) is 7.16. The fraction of sp³-hybridized carbons (Fsp3) is 0.0909. The predicted octanol–water partition coefficient (Wildman–Crippen LogP) is 2.20. The van der Waals surface area contributed by atoms with Crippen molar-refractivity contribution in [3.8, 4) is 0 Å². The minimum Gasteiger partial charge on any atom is -0.389 e. The summed E-state index contributed by atoms with van der Waals surface area (Å²) in [6.07, 6.45) is 1.60. The Balaban J connectivity index is 2.35. The van der Waals surface area contributed by atoms with Gasteiger partial charge in [0.2, 0.25) is 0 Å². The number of halogens is 1. The molecular formula is C11H7ClO3. The van der Waals surface area contributed by atoms with E-state index in [1.807, 2.05) is 0 Å². The zero-order chi connectivity index (χ0) is 10.8. The van der Waals surface area contributed by atoms with Crippen molar-refractivity contribution in [3.05, 3.63) is 40.4 Å². The second kappa shape index (κ2) is 3.87. The van der Waals surface area contributed by atoms with E-state index in [9.17, 15) is 9.59 Å². The molecule has 1 saturated heterocycles. The molecule has 0 aromatic heterocycles. The third kappa shape index (κ3) is 2.07. The average Bonchev–Trinajstić information content (AvgIpc) is 2.49. The third-order valence-corrected chi connectivity index (χ3v) is 2.38. The lowest BCUT2D eigenvalue weighted by molar-refractivity contribution is -0.151.